The van der Waals surface area contributed by atoms with Crippen LogP contribution in [0.1, 0.15) is 36.8 Å². The molecule has 0 unspecified atom stereocenters. The summed E-state index contributed by atoms with van der Waals surface area (Å²) in [6.07, 6.45) is 0. The molecule has 0 amide bonds. The molecule has 0 bridgehead atoms. The van der Waals surface area contributed by atoms with Crippen molar-refractivity contribution in [3.05, 3.63) is 52.2 Å². The number of alkyl halides is 2. The number of benzene rings is 1. The summed E-state index contributed by atoms with van der Waals surface area (Å²) < 4.78 is 66.1. The van der Waals surface area contributed by atoms with Gasteiger partial charge in [-0.1, -0.05) is 29.8 Å². The molecule has 1 fully saturated rings. The van der Waals surface area contributed by atoms with Gasteiger partial charge in [-0.05, 0) is 19.9 Å². The number of aryl methyl sites for hydroxylation is 1. The molecule has 1 aliphatic rings. The fraction of sp³-hybridized carbons (Fsp3) is 0.409. The third kappa shape index (κ3) is 4.90. The summed E-state index contributed by atoms with van der Waals surface area (Å²) in [4.78, 5) is 14.9. The summed E-state index contributed by atoms with van der Waals surface area (Å²) in [6, 6.07) is 4.89. The SMILES string of the molecule is Cc1nc(N[C@H](C)c2cccc(C(C)(F)F)c2F)c2cc(N3CCS(=O)(=O)CC3)c(Cl)nc2n1. The molecule has 0 radical (unpaired) electrons. The molecule has 12 heteroatoms. The van der Waals surface area contributed by atoms with Gasteiger partial charge < -0.3 is 10.2 Å². The molecule has 1 atom stereocenters. The van der Waals surface area contributed by atoms with Crippen molar-refractivity contribution in [3.8, 4) is 0 Å². The number of fused-ring (bicyclic) bond motifs is 1. The minimum absolute atomic E-state index is 0.00554. The summed E-state index contributed by atoms with van der Waals surface area (Å²) in [5.41, 5.74) is 0.214. The van der Waals surface area contributed by atoms with Crippen LogP contribution < -0.4 is 10.2 Å². The van der Waals surface area contributed by atoms with Gasteiger partial charge in [-0.15, -0.1) is 0 Å². The van der Waals surface area contributed by atoms with Gasteiger partial charge in [0.25, 0.3) is 5.92 Å². The Morgan fingerprint density at radius 2 is 1.85 bits per heavy atom. The molecule has 34 heavy (non-hydrogen) atoms. The Morgan fingerprint density at radius 1 is 1.18 bits per heavy atom. The normalized spacial score (nSPS) is 17.1. The van der Waals surface area contributed by atoms with E-state index in [1.54, 1.807) is 19.9 Å². The predicted octanol–water partition coefficient (Wildman–Crippen LogP) is 4.65. The second-order valence-corrected chi connectivity index (χ2v) is 11.1. The van der Waals surface area contributed by atoms with Crippen molar-refractivity contribution in [3.63, 3.8) is 0 Å². The Kier molecular flexibility index (Phi) is 6.36. The fourth-order valence-corrected chi connectivity index (χ4v) is 5.38. The van der Waals surface area contributed by atoms with E-state index >= 15 is 0 Å². The van der Waals surface area contributed by atoms with Crippen molar-refractivity contribution in [1.82, 2.24) is 15.0 Å². The highest BCUT2D eigenvalue weighted by Crippen LogP contribution is 2.35. The van der Waals surface area contributed by atoms with Crippen LogP contribution in [0.2, 0.25) is 5.15 Å². The zero-order valence-electron chi connectivity index (χ0n) is 18.7. The first-order chi connectivity index (χ1) is 15.9. The fourth-order valence-electron chi connectivity index (χ4n) is 3.92. The van der Waals surface area contributed by atoms with Gasteiger partial charge in [-0.25, -0.2) is 36.5 Å². The summed E-state index contributed by atoms with van der Waals surface area (Å²) in [5.74, 6) is -3.58. The molecule has 1 aliphatic heterocycles. The van der Waals surface area contributed by atoms with Gasteiger partial charge in [0, 0.05) is 25.6 Å². The molecular weight excluding hydrogens is 491 g/mol. The Morgan fingerprint density at radius 3 is 2.50 bits per heavy atom. The van der Waals surface area contributed by atoms with Crippen LogP contribution in [-0.2, 0) is 15.8 Å². The molecule has 182 valence electrons. The molecule has 7 nitrogen and oxygen atoms in total. The zero-order valence-corrected chi connectivity index (χ0v) is 20.3. The number of hydrogen-bond acceptors (Lipinski definition) is 7. The van der Waals surface area contributed by atoms with Crippen LogP contribution in [0.5, 0.6) is 0 Å². The van der Waals surface area contributed by atoms with Crippen LogP contribution in [0.25, 0.3) is 11.0 Å². The van der Waals surface area contributed by atoms with E-state index in [9.17, 15) is 21.6 Å². The number of nitrogens with one attached hydrogen (secondary N) is 1. The minimum Gasteiger partial charge on any atom is -0.367 e. The highest BCUT2D eigenvalue weighted by Gasteiger charge is 2.30. The van der Waals surface area contributed by atoms with Gasteiger partial charge in [-0.3, -0.25) is 0 Å². The summed E-state index contributed by atoms with van der Waals surface area (Å²) in [7, 11) is -3.09. The summed E-state index contributed by atoms with van der Waals surface area (Å²) >= 11 is 6.39. The van der Waals surface area contributed by atoms with Crippen molar-refractivity contribution < 1.29 is 21.6 Å². The summed E-state index contributed by atoms with van der Waals surface area (Å²) in [6.45, 7) is 4.48. The number of nitrogens with zero attached hydrogens (tertiary/aromatic N) is 4. The molecule has 1 aromatic carbocycles. The van der Waals surface area contributed by atoms with Gasteiger partial charge in [0.2, 0.25) is 0 Å². The lowest BCUT2D eigenvalue weighted by Crippen LogP contribution is -2.40. The molecule has 0 aliphatic carbocycles. The maximum absolute atomic E-state index is 14.9. The number of sulfone groups is 1. The first-order valence-corrected chi connectivity index (χ1v) is 12.8. The quantitative estimate of drug-likeness (QED) is 0.497. The van der Waals surface area contributed by atoms with E-state index in [1.165, 1.54) is 12.1 Å². The average Bonchev–Trinajstić information content (AvgIpc) is 2.72. The highest BCUT2D eigenvalue weighted by atomic mass is 35.5. The van der Waals surface area contributed by atoms with Gasteiger partial charge in [-0.2, -0.15) is 0 Å². The lowest BCUT2D eigenvalue weighted by Gasteiger charge is -2.29. The number of anilines is 2. The van der Waals surface area contributed by atoms with Crippen LogP contribution in [0, 0.1) is 12.7 Å². The van der Waals surface area contributed by atoms with Gasteiger partial charge in [0.1, 0.15) is 17.5 Å². The molecule has 3 aromatic rings. The molecular formula is C22H23ClF3N5O2S. The number of rotatable bonds is 5. The van der Waals surface area contributed by atoms with Gasteiger partial charge in [0.15, 0.2) is 20.6 Å². The summed E-state index contributed by atoms with van der Waals surface area (Å²) in [5, 5.41) is 3.75. The van der Waals surface area contributed by atoms with Crippen molar-refractivity contribution >= 4 is 44.0 Å². The molecule has 4 rings (SSSR count). The predicted molar refractivity (Wildman–Crippen MR) is 126 cm³/mol. The van der Waals surface area contributed by atoms with Crippen molar-refractivity contribution in [2.45, 2.75) is 32.7 Å². The van der Waals surface area contributed by atoms with Crippen molar-refractivity contribution in [1.29, 1.82) is 0 Å². The minimum atomic E-state index is -3.32. The van der Waals surface area contributed by atoms with Crippen LogP contribution in [0.4, 0.5) is 24.7 Å². The van der Waals surface area contributed by atoms with E-state index in [0.29, 0.717) is 35.3 Å². The maximum Gasteiger partial charge on any atom is 0.273 e. The van der Waals surface area contributed by atoms with E-state index in [1.807, 2.05) is 4.90 Å². The molecule has 1 N–H and O–H groups in total. The van der Waals surface area contributed by atoms with Gasteiger partial charge >= 0.3 is 0 Å². The molecule has 0 saturated carbocycles. The maximum atomic E-state index is 14.9. The van der Waals surface area contributed by atoms with E-state index in [0.717, 1.165) is 6.07 Å². The lowest BCUT2D eigenvalue weighted by molar-refractivity contribution is 0.0136. The smallest absolute Gasteiger partial charge is 0.273 e. The molecule has 0 spiro atoms. The topological polar surface area (TPSA) is 88.1 Å². The Hall–Kier alpha value is -2.66. The monoisotopic (exact) mass is 513 g/mol. The second-order valence-electron chi connectivity index (χ2n) is 8.39. The van der Waals surface area contributed by atoms with Crippen LogP contribution in [-0.4, -0.2) is 48.0 Å². The van der Waals surface area contributed by atoms with Crippen LogP contribution >= 0.6 is 11.6 Å². The number of pyridine rings is 1. The van der Waals surface area contributed by atoms with E-state index < -0.39 is 33.2 Å². The van der Waals surface area contributed by atoms with E-state index in [-0.39, 0.29) is 35.3 Å². The van der Waals surface area contributed by atoms with Crippen molar-refractivity contribution in [2.24, 2.45) is 0 Å². The lowest BCUT2D eigenvalue weighted by atomic mass is 10.0. The Bertz CT molecular complexity index is 1350. The Balaban J connectivity index is 1.73. The van der Waals surface area contributed by atoms with E-state index in [2.05, 4.69) is 20.3 Å². The Labute approximate surface area is 200 Å². The van der Waals surface area contributed by atoms with E-state index in [4.69, 9.17) is 11.6 Å². The first-order valence-electron chi connectivity index (χ1n) is 10.6. The standard InChI is InChI=1S/C22H23ClF3N5O2S/c1-12(14-5-4-6-16(18(14)24)22(3,25)26)27-20-15-11-17(31-7-9-34(32,33)10-8-31)19(23)30-21(15)29-13(2)28-20/h4-6,11-12H,7-10H2,1-3H3,(H,27,28,29,30)/t12-/m1/s1. The third-order valence-corrected chi connectivity index (χ3v) is 7.63. The van der Waals surface area contributed by atoms with Gasteiger partial charge in [0.05, 0.1) is 34.2 Å². The molecule has 2 aromatic heterocycles. The van der Waals surface area contributed by atoms with Crippen molar-refractivity contribution in [2.75, 3.05) is 34.8 Å². The molecule has 3 heterocycles. The zero-order chi connectivity index (χ0) is 24.8. The third-order valence-electron chi connectivity index (χ3n) is 5.74. The highest BCUT2D eigenvalue weighted by molar-refractivity contribution is 7.91. The van der Waals surface area contributed by atoms with Crippen LogP contribution in [0.3, 0.4) is 0 Å². The first kappa shape index (κ1) is 24.5. The van der Waals surface area contributed by atoms with Crippen LogP contribution in [0.15, 0.2) is 24.3 Å². The number of halogens is 4. The number of hydrogen-bond donors (Lipinski definition) is 1. The average molecular weight is 514 g/mol. The number of aromatic nitrogens is 3. The molecule has 1 saturated heterocycles. The largest absolute Gasteiger partial charge is 0.367 e. The second kappa shape index (κ2) is 8.84.